The molecule has 0 unspecified atom stereocenters. The van der Waals surface area contributed by atoms with E-state index in [2.05, 4.69) is 4.72 Å². The van der Waals surface area contributed by atoms with Crippen LogP contribution in [-0.4, -0.2) is 21.0 Å². The second-order valence-corrected chi connectivity index (χ2v) is 6.85. The fraction of sp³-hybridized carbons (Fsp3) is 0.500. The Balaban J connectivity index is 2.23. The van der Waals surface area contributed by atoms with Crippen LogP contribution in [0.3, 0.4) is 0 Å². The van der Waals surface area contributed by atoms with Crippen LogP contribution < -0.4 is 10.5 Å². The normalized spacial score (nSPS) is 23.7. The smallest absolute Gasteiger partial charge is 0.243 e. The molecule has 0 bridgehead atoms. The van der Waals surface area contributed by atoms with Gasteiger partial charge in [0.1, 0.15) is 10.7 Å². The van der Waals surface area contributed by atoms with Crippen molar-refractivity contribution in [3.63, 3.8) is 0 Å². The van der Waals surface area contributed by atoms with Crippen molar-refractivity contribution in [1.82, 2.24) is 4.72 Å². The lowest BCUT2D eigenvalue weighted by molar-refractivity contribution is 0.451. The third kappa shape index (κ3) is 3.25. The molecule has 19 heavy (non-hydrogen) atoms. The summed E-state index contributed by atoms with van der Waals surface area (Å²) in [6.45, 7) is 0.427. The van der Waals surface area contributed by atoms with Crippen molar-refractivity contribution in [1.29, 1.82) is 0 Å². The molecule has 0 amide bonds. The molecular formula is C12H16ClFN2O2S. The Morgan fingerprint density at radius 1 is 1.42 bits per heavy atom. The van der Waals surface area contributed by atoms with Crippen LogP contribution in [0.25, 0.3) is 0 Å². The quantitative estimate of drug-likeness (QED) is 0.892. The van der Waals surface area contributed by atoms with Crippen molar-refractivity contribution in [2.75, 3.05) is 6.54 Å². The van der Waals surface area contributed by atoms with Crippen LogP contribution in [0.4, 0.5) is 4.39 Å². The summed E-state index contributed by atoms with van der Waals surface area (Å²) < 4.78 is 40.5. The molecule has 7 heteroatoms. The lowest BCUT2D eigenvalue weighted by Crippen LogP contribution is -2.40. The van der Waals surface area contributed by atoms with Gasteiger partial charge in [0.15, 0.2) is 0 Å². The van der Waals surface area contributed by atoms with Gasteiger partial charge in [0.2, 0.25) is 10.0 Å². The van der Waals surface area contributed by atoms with E-state index in [4.69, 9.17) is 17.3 Å². The Labute approximate surface area is 117 Å². The Morgan fingerprint density at radius 3 is 2.79 bits per heavy atom. The van der Waals surface area contributed by atoms with Gasteiger partial charge >= 0.3 is 0 Å². The molecule has 1 fully saturated rings. The molecule has 0 heterocycles. The average Bonchev–Trinajstić information content (AvgIpc) is 2.74. The third-order valence-corrected chi connectivity index (χ3v) is 5.21. The minimum absolute atomic E-state index is 0.116. The van der Waals surface area contributed by atoms with Crippen LogP contribution >= 0.6 is 11.6 Å². The minimum atomic E-state index is -3.87. The molecule has 1 aliphatic carbocycles. The second-order valence-electron chi connectivity index (χ2n) is 4.73. The first kappa shape index (κ1) is 14.7. The van der Waals surface area contributed by atoms with E-state index in [9.17, 15) is 12.8 Å². The van der Waals surface area contributed by atoms with Gasteiger partial charge in [0.05, 0.1) is 0 Å². The van der Waals surface area contributed by atoms with Crippen molar-refractivity contribution >= 4 is 21.6 Å². The third-order valence-electron chi connectivity index (χ3n) is 3.45. The summed E-state index contributed by atoms with van der Waals surface area (Å²) in [5.41, 5.74) is 5.61. The first-order valence-electron chi connectivity index (χ1n) is 6.11. The maximum absolute atomic E-state index is 13.7. The topological polar surface area (TPSA) is 72.2 Å². The average molecular weight is 307 g/mol. The van der Waals surface area contributed by atoms with E-state index < -0.39 is 15.8 Å². The van der Waals surface area contributed by atoms with Gasteiger partial charge in [-0.05, 0) is 43.5 Å². The molecule has 1 aliphatic rings. The highest BCUT2D eigenvalue weighted by Gasteiger charge is 2.31. The van der Waals surface area contributed by atoms with E-state index in [0.717, 1.165) is 25.3 Å². The summed E-state index contributed by atoms with van der Waals surface area (Å²) in [4.78, 5) is -0.375. The largest absolute Gasteiger partial charge is 0.330 e. The van der Waals surface area contributed by atoms with Gasteiger partial charge in [-0.15, -0.1) is 0 Å². The summed E-state index contributed by atoms with van der Waals surface area (Å²) in [6, 6.07) is 3.30. The zero-order chi connectivity index (χ0) is 14.0. The Morgan fingerprint density at radius 2 is 2.16 bits per heavy atom. The summed E-state index contributed by atoms with van der Waals surface area (Å²) in [5, 5.41) is 0.164. The number of hydrogen-bond donors (Lipinski definition) is 2. The number of nitrogens with two attached hydrogens (primary N) is 1. The van der Waals surface area contributed by atoms with Crippen LogP contribution in [0, 0.1) is 11.7 Å². The highest BCUT2D eigenvalue weighted by molar-refractivity contribution is 7.89. The predicted molar refractivity (Wildman–Crippen MR) is 71.9 cm³/mol. The lowest BCUT2D eigenvalue weighted by Gasteiger charge is -2.19. The van der Waals surface area contributed by atoms with Crippen molar-refractivity contribution in [3.05, 3.63) is 29.0 Å². The van der Waals surface area contributed by atoms with E-state index in [1.54, 1.807) is 0 Å². The number of nitrogens with one attached hydrogen (secondary N) is 1. The van der Waals surface area contributed by atoms with Gasteiger partial charge < -0.3 is 5.73 Å². The van der Waals surface area contributed by atoms with Crippen molar-refractivity contribution in [2.45, 2.75) is 30.2 Å². The van der Waals surface area contributed by atoms with Crippen molar-refractivity contribution < 1.29 is 12.8 Å². The highest BCUT2D eigenvalue weighted by atomic mass is 35.5. The van der Waals surface area contributed by atoms with Crippen LogP contribution in [0.2, 0.25) is 5.02 Å². The summed E-state index contributed by atoms with van der Waals surface area (Å²) in [7, 11) is -3.87. The van der Waals surface area contributed by atoms with E-state index >= 15 is 0 Å². The molecule has 1 aromatic rings. The number of benzene rings is 1. The molecule has 106 valence electrons. The highest BCUT2D eigenvalue weighted by Crippen LogP contribution is 2.27. The van der Waals surface area contributed by atoms with Gasteiger partial charge in [-0.3, -0.25) is 0 Å². The molecule has 0 aliphatic heterocycles. The van der Waals surface area contributed by atoms with Crippen LogP contribution in [0.15, 0.2) is 23.1 Å². The van der Waals surface area contributed by atoms with E-state index in [-0.39, 0.29) is 21.9 Å². The molecule has 0 spiro atoms. The number of halogens is 2. The standard InChI is InChI=1S/C12H16ClFN2O2S/c13-9-4-5-12(10(14)6-9)19(17,18)16-11-3-1-2-8(11)7-15/h4-6,8,11,16H,1-3,7,15H2/t8-,11+/m1/s1. The monoisotopic (exact) mass is 306 g/mol. The molecule has 2 rings (SSSR count). The van der Waals surface area contributed by atoms with E-state index in [1.165, 1.54) is 12.1 Å². The second kappa shape index (κ2) is 5.75. The first-order chi connectivity index (χ1) is 8.94. The van der Waals surface area contributed by atoms with Crippen LogP contribution in [0.1, 0.15) is 19.3 Å². The minimum Gasteiger partial charge on any atom is -0.330 e. The molecule has 3 N–H and O–H groups in total. The molecule has 0 saturated heterocycles. The Kier molecular flexibility index (Phi) is 4.45. The summed E-state index contributed by atoms with van der Waals surface area (Å²) in [6.07, 6.45) is 2.56. The molecular weight excluding hydrogens is 291 g/mol. The zero-order valence-corrected chi connectivity index (χ0v) is 11.8. The lowest BCUT2D eigenvalue weighted by atomic mass is 10.1. The zero-order valence-electron chi connectivity index (χ0n) is 10.3. The molecule has 0 radical (unpaired) electrons. The van der Waals surface area contributed by atoms with Gasteiger partial charge in [-0.25, -0.2) is 17.5 Å². The Hall–Kier alpha value is -0.690. The van der Waals surface area contributed by atoms with Gasteiger partial charge in [0.25, 0.3) is 0 Å². The molecule has 1 saturated carbocycles. The van der Waals surface area contributed by atoms with Crippen LogP contribution in [0.5, 0.6) is 0 Å². The molecule has 1 aromatic carbocycles. The first-order valence-corrected chi connectivity index (χ1v) is 7.97. The molecule has 0 aromatic heterocycles. The van der Waals surface area contributed by atoms with E-state index in [1.807, 2.05) is 0 Å². The van der Waals surface area contributed by atoms with Gasteiger partial charge in [-0.2, -0.15) is 0 Å². The van der Waals surface area contributed by atoms with Crippen molar-refractivity contribution in [3.8, 4) is 0 Å². The number of rotatable bonds is 4. The predicted octanol–water partition coefficient (Wildman–Crippen LogP) is 1.88. The summed E-state index contributed by atoms with van der Waals surface area (Å²) in [5.74, 6) is -0.729. The maximum Gasteiger partial charge on any atom is 0.243 e. The van der Waals surface area contributed by atoms with E-state index in [0.29, 0.717) is 6.54 Å². The molecule has 4 nitrogen and oxygen atoms in total. The van der Waals surface area contributed by atoms with Crippen LogP contribution in [-0.2, 0) is 10.0 Å². The fourth-order valence-corrected chi connectivity index (χ4v) is 3.99. The summed E-state index contributed by atoms with van der Waals surface area (Å²) >= 11 is 5.61. The van der Waals surface area contributed by atoms with Gasteiger partial charge in [-0.1, -0.05) is 18.0 Å². The number of sulfonamides is 1. The van der Waals surface area contributed by atoms with Gasteiger partial charge in [0, 0.05) is 11.1 Å². The fourth-order valence-electron chi connectivity index (χ4n) is 2.43. The molecule has 2 atom stereocenters. The number of hydrogen-bond acceptors (Lipinski definition) is 3. The maximum atomic E-state index is 13.7. The SMILES string of the molecule is NC[C@H]1CCC[C@@H]1NS(=O)(=O)c1ccc(Cl)cc1F. The Bertz CT molecular complexity index is 565. The van der Waals surface area contributed by atoms with Crippen molar-refractivity contribution in [2.24, 2.45) is 11.7 Å².